The van der Waals surface area contributed by atoms with Crippen LogP contribution in [0.3, 0.4) is 0 Å². The fraction of sp³-hybridized carbons (Fsp3) is 0.375. The van der Waals surface area contributed by atoms with Crippen molar-refractivity contribution in [3.8, 4) is 0 Å². The molecule has 0 radical (unpaired) electrons. The van der Waals surface area contributed by atoms with Gasteiger partial charge in [-0.2, -0.15) is 11.8 Å². The molecule has 0 bridgehead atoms. The topological polar surface area (TPSA) is 0 Å². The van der Waals surface area contributed by atoms with E-state index in [-0.39, 0.29) is 0 Å². The van der Waals surface area contributed by atoms with Gasteiger partial charge in [-0.25, -0.2) is 0 Å². The molecule has 0 saturated heterocycles. The van der Waals surface area contributed by atoms with Gasteiger partial charge in [0.2, 0.25) is 0 Å². The van der Waals surface area contributed by atoms with Crippen LogP contribution >= 0.6 is 11.8 Å². The van der Waals surface area contributed by atoms with Crippen molar-refractivity contribution in [3.05, 3.63) is 47.5 Å². The lowest BCUT2D eigenvalue weighted by atomic mass is 10.0. The van der Waals surface area contributed by atoms with Crippen LogP contribution in [0.1, 0.15) is 30.9 Å². The lowest BCUT2D eigenvalue weighted by molar-refractivity contribution is 0.896. The van der Waals surface area contributed by atoms with Gasteiger partial charge in [0, 0.05) is 5.75 Å². The van der Waals surface area contributed by atoms with E-state index in [4.69, 9.17) is 0 Å². The third kappa shape index (κ3) is 3.26. The van der Waals surface area contributed by atoms with Gasteiger partial charge in [0.1, 0.15) is 0 Å². The van der Waals surface area contributed by atoms with Gasteiger partial charge in [0.25, 0.3) is 0 Å². The van der Waals surface area contributed by atoms with Crippen LogP contribution in [0.25, 0.3) is 10.8 Å². The summed E-state index contributed by atoms with van der Waals surface area (Å²) in [5, 5.41) is 2.76. The Kier molecular flexibility index (Phi) is 4.49. The molecule has 0 aromatic heterocycles. The first-order valence-electron chi connectivity index (χ1n) is 6.37. The predicted octanol–water partition coefficient (Wildman–Crippen LogP) is 5.18. The van der Waals surface area contributed by atoms with Gasteiger partial charge in [0.15, 0.2) is 0 Å². The zero-order chi connectivity index (χ0) is 12.1. The molecule has 2 aromatic carbocycles. The normalized spacial score (nSPS) is 10.9. The number of thioether (sulfide) groups is 1. The summed E-state index contributed by atoms with van der Waals surface area (Å²) in [6.45, 7) is 4.46. The van der Waals surface area contributed by atoms with Gasteiger partial charge in [-0.15, -0.1) is 0 Å². The molecule has 0 heterocycles. The standard InChI is InChI=1S/C16H20S/c1-3-4-9-17-12-14-10-13(2)16-8-6-5-7-15(16)11-14/h5-8,10-11H,3-4,9,12H2,1-2H3. The zero-order valence-corrected chi connectivity index (χ0v) is 11.5. The number of rotatable bonds is 5. The summed E-state index contributed by atoms with van der Waals surface area (Å²) < 4.78 is 0. The van der Waals surface area contributed by atoms with Crippen molar-refractivity contribution in [1.82, 2.24) is 0 Å². The van der Waals surface area contributed by atoms with Crippen LogP contribution in [0.4, 0.5) is 0 Å². The molecule has 2 aromatic rings. The summed E-state index contributed by atoms with van der Waals surface area (Å²) >= 11 is 2.05. The average Bonchev–Trinajstić information content (AvgIpc) is 2.35. The Balaban J connectivity index is 2.13. The fourth-order valence-electron chi connectivity index (χ4n) is 2.10. The van der Waals surface area contributed by atoms with Crippen LogP contribution in [0.15, 0.2) is 36.4 Å². The van der Waals surface area contributed by atoms with E-state index >= 15 is 0 Å². The molecular formula is C16H20S. The number of fused-ring (bicyclic) bond motifs is 1. The van der Waals surface area contributed by atoms with Crippen LogP contribution in [0.2, 0.25) is 0 Å². The number of unbranched alkanes of at least 4 members (excludes halogenated alkanes) is 1. The van der Waals surface area contributed by atoms with E-state index in [1.54, 1.807) is 0 Å². The van der Waals surface area contributed by atoms with Crippen molar-refractivity contribution >= 4 is 22.5 Å². The van der Waals surface area contributed by atoms with Crippen LogP contribution < -0.4 is 0 Å². The predicted molar refractivity (Wildman–Crippen MR) is 79.8 cm³/mol. The molecule has 0 nitrogen and oxygen atoms in total. The maximum absolute atomic E-state index is 2.33. The quantitative estimate of drug-likeness (QED) is 0.653. The Labute approximate surface area is 108 Å². The van der Waals surface area contributed by atoms with Crippen molar-refractivity contribution in [3.63, 3.8) is 0 Å². The molecule has 17 heavy (non-hydrogen) atoms. The second-order valence-electron chi connectivity index (χ2n) is 4.54. The fourth-order valence-corrected chi connectivity index (χ4v) is 3.14. The van der Waals surface area contributed by atoms with Crippen molar-refractivity contribution in [2.75, 3.05) is 5.75 Å². The molecule has 1 heteroatoms. The Morgan fingerprint density at radius 1 is 1.12 bits per heavy atom. The highest BCUT2D eigenvalue weighted by atomic mass is 32.2. The first-order valence-corrected chi connectivity index (χ1v) is 7.52. The summed E-state index contributed by atoms with van der Waals surface area (Å²) in [6, 6.07) is 13.3. The van der Waals surface area contributed by atoms with Crippen molar-refractivity contribution in [1.29, 1.82) is 0 Å². The molecule has 0 N–H and O–H groups in total. The molecule has 0 unspecified atom stereocenters. The van der Waals surface area contributed by atoms with Crippen LogP contribution in [0, 0.1) is 6.92 Å². The molecule has 0 aliphatic heterocycles. The Morgan fingerprint density at radius 2 is 1.94 bits per heavy atom. The third-order valence-corrected chi connectivity index (χ3v) is 4.15. The SMILES string of the molecule is CCCCSCc1cc(C)c2ccccc2c1. The Hall–Kier alpha value is -0.950. The first kappa shape index (κ1) is 12.5. The Bertz CT molecular complexity index is 488. The average molecular weight is 244 g/mol. The molecule has 0 amide bonds. The second kappa shape index (κ2) is 6.11. The van der Waals surface area contributed by atoms with Crippen LogP contribution in [-0.4, -0.2) is 5.75 Å². The molecule has 0 saturated carbocycles. The highest BCUT2D eigenvalue weighted by Crippen LogP contribution is 2.23. The number of hydrogen-bond acceptors (Lipinski definition) is 1. The maximum atomic E-state index is 2.33. The minimum absolute atomic E-state index is 1.14. The highest BCUT2D eigenvalue weighted by Gasteiger charge is 2.00. The lowest BCUT2D eigenvalue weighted by Crippen LogP contribution is -1.87. The zero-order valence-electron chi connectivity index (χ0n) is 10.7. The number of hydrogen-bond donors (Lipinski definition) is 0. The van der Waals surface area contributed by atoms with Gasteiger partial charge in [0.05, 0.1) is 0 Å². The summed E-state index contributed by atoms with van der Waals surface area (Å²) in [5.74, 6) is 2.42. The van der Waals surface area contributed by atoms with Crippen molar-refractivity contribution < 1.29 is 0 Å². The molecule has 0 aliphatic carbocycles. The Morgan fingerprint density at radius 3 is 2.76 bits per heavy atom. The molecule has 0 aliphatic rings. The molecule has 0 atom stereocenters. The summed E-state index contributed by atoms with van der Waals surface area (Å²) in [6.07, 6.45) is 2.63. The van der Waals surface area contributed by atoms with Crippen molar-refractivity contribution in [2.45, 2.75) is 32.4 Å². The van der Waals surface area contributed by atoms with Crippen molar-refractivity contribution in [2.24, 2.45) is 0 Å². The van der Waals surface area contributed by atoms with Gasteiger partial charge >= 0.3 is 0 Å². The van der Waals surface area contributed by atoms with Crippen LogP contribution in [-0.2, 0) is 5.75 Å². The van der Waals surface area contributed by atoms with E-state index in [2.05, 4.69) is 50.2 Å². The van der Waals surface area contributed by atoms with E-state index in [9.17, 15) is 0 Å². The monoisotopic (exact) mass is 244 g/mol. The molecule has 90 valence electrons. The van der Waals surface area contributed by atoms with E-state index in [0.717, 1.165) is 5.75 Å². The third-order valence-electron chi connectivity index (χ3n) is 3.04. The van der Waals surface area contributed by atoms with E-state index in [1.165, 1.54) is 40.5 Å². The van der Waals surface area contributed by atoms with E-state index < -0.39 is 0 Å². The van der Waals surface area contributed by atoms with Crippen LogP contribution in [0.5, 0.6) is 0 Å². The maximum Gasteiger partial charge on any atom is 0.0184 e. The van der Waals surface area contributed by atoms with Gasteiger partial charge in [-0.3, -0.25) is 0 Å². The molecular weight excluding hydrogens is 224 g/mol. The minimum atomic E-state index is 1.14. The van der Waals surface area contributed by atoms with E-state index in [1.807, 2.05) is 11.8 Å². The summed E-state index contributed by atoms with van der Waals surface area (Å²) in [7, 11) is 0. The first-order chi connectivity index (χ1) is 8.31. The molecule has 0 fully saturated rings. The van der Waals surface area contributed by atoms with E-state index in [0.29, 0.717) is 0 Å². The van der Waals surface area contributed by atoms with Gasteiger partial charge < -0.3 is 0 Å². The minimum Gasteiger partial charge on any atom is -0.157 e. The van der Waals surface area contributed by atoms with Gasteiger partial charge in [-0.1, -0.05) is 49.7 Å². The number of benzene rings is 2. The number of aryl methyl sites for hydroxylation is 1. The highest BCUT2D eigenvalue weighted by molar-refractivity contribution is 7.98. The summed E-state index contributed by atoms with van der Waals surface area (Å²) in [4.78, 5) is 0. The van der Waals surface area contributed by atoms with Gasteiger partial charge in [-0.05, 0) is 41.0 Å². The smallest absolute Gasteiger partial charge is 0.0184 e. The summed E-state index contributed by atoms with van der Waals surface area (Å²) in [5.41, 5.74) is 2.86. The second-order valence-corrected chi connectivity index (χ2v) is 5.65. The molecule has 0 spiro atoms. The lowest BCUT2D eigenvalue weighted by Gasteiger charge is -2.07. The molecule has 2 rings (SSSR count). The largest absolute Gasteiger partial charge is 0.157 e.